The van der Waals surface area contributed by atoms with Crippen LogP contribution in [0.25, 0.3) is 16.7 Å². The molecule has 8 heteroatoms. The molecule has 1 N–H and O–H groups in total. The number of benzene rings is 1. The molecule has 3 heterocycles. The average molecular weight is 456 g/mol. The van der Waals surface area contributed by atoms with Gasteiger partial charge in [0.25, 0.3) is 0 Å². The number of H-pyrrole nitrogens is 1. The predicted molar refractivity (Wildman–Crippen MR) is 111 cm³/mol. The number of fused-ring (bicyclic) bond motifs is 1. The first-order valence-electron chi connectivity index (χ1n) is 8.96. The van der Waals surface area contributed by atoms with Crippen LogP contribution >= 0.6 is 15.9 Å². The summed E-state index contributed by atoms with van der Waals surface area (Å²) < 4.78 is 12.9. The molecule has 1 aromatic carbocycles. The minimum atomic E-state index is -0.595. The Hall–Kier alpha value is -3.13. The fraction of sp³-hybridized carbons (Fsp3) is 0.190. The van der Waals surface area contributed by atoms with Gasteiger partial charge in [-0.15, -0.1) is 0 Å². The van der Waals surface area contributed by atoms with Crippen LogP contribution in [0.15, 0.2) is 45.4 Å². The lowest BCUT2D eigenvalue weighted by molar-refractivity contribution is 0.0468. The normalized spacial score (nSPS) is 11.2. The van der Waals surface area contributed by atoms with Gasteiger partial charge >= 0.3 is 5.97 Å². The summed E-state index contributed by atoms with van der Waals surface area (Å²) in [4.78, 5) is 28.2. The van der Waals surface area contributed by atoms with Crippen LogP contribution in [0, 0.1) is 20.8 Å². The second-order valence-corrected chi connectivity index (χ2v) is 7.57. The molecule has 0 atom stereocenters. The van der Waals surface area contributed by atoms with Crippen molar-refractivity contribution in [2.45, 2.75) is 20.8 Å². The summed E-state index contributed by atoms with van der Waals surface area (Å²) >= 11 is 3.42. The van der Waals surface area contributed by atoms with Gasteiger partial charge in [-0.2, -0.15) is 0 Å². The van der Waals surface area contributed by atoms with E-state index in [0.29, 0.717) is 27.3 Å². The van der Waals surface area contributed by atoms with Gasteiger partial charge in [-0.3, -0.25) is 9.36 Å². The predicted octanol–water partition coefficient (Wildman–Crippen LogP) is 4.67. The zero-order valence-corrected chi connectivity index (χ0v) is 17.7. The van der Waals surface area contributed by atoms with Crippen LogP contribution in [0.3, 0.4) is 0 Å². The molecular formula is C21H18BrN3O4. The number of hydrogen-bond acceptors (Lipinski definition) is 5. The van der Waals surface area contributed by atoms with Crippen LogP contribution in [0.2, 0.25) is 0 Å². The quantitative estimate of drug-likeness (QED) is 0.348. The molecule has 0 aliphatic carbocycles. The van der Waals surface area contributed by atoms with Crippen molar-refractivity contribution < 1.29 is 18.8 Å². The minimum absolute atomic E-state index is 0.280. The lowest BCUT2D eigenvalue weighted by atomic mass is 10.1. The molecule has 4 aromatic rings. The molecule has 0 spiro atoms. The van der Waals surface area contributed by atoms with E-state index in [1.54, 1.807) is 19.1 Å². The number of aryl methyl sites for hydroxylation is 2. The maximum Gasteiger partial charge on any atom is 0.356 e. The van der Waals surface area contributed by atoms with Gasteiger partial charge in [0.1, 0.15) is 11.5 Å². The highest BCUT2D eigenvalue weighted by Gasteiger charge is 2.22. The van der Waals surface area contributed by atoms with E-state index in [-0.39, 0.29) is 18.1 Å². The number of halogens is 1. The van der Waals surface area contributed by atoms with Crippen molar-refractivity contribution in [1.29, 1.82) is 0 Å². The monoisotopic (exact) mass is 455 g/mol. The fourth-order valence-electron chi connectivity index (χ4n) is 3.39. The highest BCUT2D eigenvalue weighted by molar-refractivity contribution is 9.10. The number of Topliss-reactive ketones (excluding diaryl/α,β-unsaturated/α-hetero) is 1. The standard InChI is InChI=1S/C21H18BrN3O4/c1-11-8-15(13(3)25(11)18-9-12(2)29-24-18)17(26)10-28-21(27)20-19(22)14-6-4-5-7-16(14)23-20/h4-9,23H,10H2,1-3H3. The van der Waals surface area contributed by atoms with Crippen LogP contribution < -0.4 is 0 Å². The highest BCUT2D eigenvalue weighted by Crippen LogP contribution is 2.28. The molecule has 0 saturated carbocycles. The van der Waals surface area contributed by atoms with Crippen LogP contribution in [0.5, 0.6) is 0 Å². The number of aromatic amines is 1. The summed E-state index contributed by atoms with van der Waals surface area (Å²) in [5.41, 5.74) is 3.12. The summed E-state index contributed by atoms with van der Waals surface area (Å²) in [6.07, 6.45) is 0. The zero-order valence-electron chi connectivity index (χ0n) is 16.1. The molecule has 0 fully saturated rings. The third kappa shape index (κ3) is 3.40. The summed E-state index contributed by atoms with van der Waals surface area (Å²) in [5, 5.41) is 4.88. The Bertz CT molecular complexity index is 1250. The molecule has 0 unspecified atom stereocenters. The molecule has 4 rings (SSSR count). The Balaban J connectivity index is 1.53. The molecule has 0 aliphatic heterocycles. The van der Waals surface area contributed by atoms with E-state index in [4.69, 9.17) is 9.26 Å². The maximum absolute atomic E-state index is 12.7. The molecule has 0 bridgehead atoms. The van der Waals surface area contributed by atoms with Crippen LogP contribution in [0.4, 0.5) is 0 Å². The molecule has 3 aromatic heterocycles. The van der Waals surface area contributed by atoms with E-state index >= 15 is 0 Å². The minimum Gasteiger partial charge on any atom is -0.453 e. The number of aromatic nitrogens is 3. The molecule has 0 amide bonds. The number of ketones is 1. The van der Waals surface area contributed by atoms with Gasteiger partial charge in [0, 0.05) is 33.9 Å². The topological polar surface area (TPSA) is 90.1 Å². The molecule has 29 heavy (non-hydrogen) atoms. The molecule has 0 saturated heterocycles. The van der Waals surface area contributed by atoms with E-state index in [1.807, 2.05) is 42.7 Å². The second-order valence-electron chi connectivity index (χ2n) is 6.77. The SMILES string of the molecule is Cc1cc(-n2c(C)cc(C(=O)COC(=O)c3[nH]c4ccccc4c3Br)c2C)no1. The van der Waals surface area contributed by atoms with Gasteiger partial charge < -0.3 is 14.2 Å². The number of carbonyl (C=O) groups excluding carboxylic acids is 2. The number of ether oxygens (including phenoxy) is 1. The van der Waals surface area contributed by atoms with Crippen molar-refractivity contribution >= 4 is 38.6 Å². The van der Waals surface area contributed by atoms with Crippen LogP contribution in [0.1, 0.15) is 38.0 Å². The number of esters is 1. The van der Waals surface area contributed by atoms with E-state index in [0.717, 1.165) is 16.6 Å². The molecule has 148 valence electrons. The third-order valence-electron chi connectivity index (χ3n) is 4.76. The lowest BCUT2D eigenvalue weighted by Gasteiger charge is -2.06. The van der Waals surface area contributed by atoms with Crippen molar-refractivity contribution in [1.82, 2.24) is 14.7 Å². The lowest BCUT2D eigenvalue weighted by Crippen LogP contribution is -2.15. The Labute approximate surface area is 174 Å². The summed E-state index contributed by atoms with van der Waals surface area (Å²) in [6, 6.07) is 11.1. The van der Waals surface area contributed by atoms with E-state index < -0.39 is 5.97 Å². The molecule has 0 aliphatic rings. The molecular weight excluding hydrogens is 438 g/mol. The van der Waals surface area contributed by atoms with Gasteiger partial charge in [-0.1, -0.05) is 23.4 Å². The maximum atomic E-state index is 12.7. The van der Waals surface area contributed by atoms with Crippen molar-refractivity contribution in [3.63, 3.8) is 0 Å². The second kappa shape index (κ2) is 7.36. The van der Waals surface area contributed by atoms with E-state index in [1.165, 1.54) is 0 Å². The first-order chi connectivity index (χ1) is 13.9. The van der Waals surface area contributed by atoms with Gasteiger partial charge in [0.15, 0.2) is 12.4 Å². The number of hydrogen-bond donors (Lipinski definition) is 1. The highest BCUT2D eigenvalue weighted by atomic mass is 79.9. The number of carbonyl (C=O) groups is 2. The summed E-state index contributed by atoms with van der Waals surface area (Å²) in [7, 11) is 0. The Kier molecular flexibility index (Phi) is 4.87. The largest absolute Gasteiger partial charge is 0.453 e. The van der Waals surface area contributed by atoms with Crippen molar-refractivity contribution in [2.75, 3.05) is 6.61 Å². The Morgan fingerprint density at radius 1 is 1.21 bits per heavy atom. The van der Waals surface area contributed by atoms with Crippen molar-refractivity contribution in [3.8, 4) is 5.82 Å². The first kappa shape index (κ1) is 19.2. The first-order valence-corrected chi connectivity index (χ1v) is 9.75. The smallest absolute Gasteiger partial charge is 0.356 e. The summed E-state index contributed by atoms with van der Waals surface area (Å²) in [6.45, 7) is 5.14. The number of rotatable bonds is 5. The summed E-state index contributed by atoms with van der Waals surface area (Å²) in [5.74, 6) is 0.404. The third-order valence-corrected chi connectivity index (χ3v) is 5.58. The zero-order chi connectivity index (χ0) is 20.7. The molecule has 7 nitrogen and oxygen atoms in total. The fourth-order valence-corrected chi connectivity index (χ4v) is 3.99. The van der Waals surface area contributed by atoms with Crippen LogP contribution in [-0.4, -0.2) is 33.1 Å². The molecule has 0 radical (unpaired) electrons. The van der Waals surface area contributed by atoms with Gasteiger partial charge in [-0.05, 0) is 48.8 Å². The van der Waals surface area contributed by atoms with E-state index in [9.17, 15) is 9.59 Å². The Morgan fingerprint density at radius 2 is 1.97 bits per heavy atom. The number of nitrogens with one attached hydrogen (secondary N) is 1. The van der Waals surface area contributed by atoms with E-state index in [2.05, 4.69) is 26.1 Å². The average Bonchev–Trinajstić information content (AvgIpc) is 3.36. The Morgan fingerprint density at radius 3 is 2.66 bits per heavy atom. The van der Waals surface area contributed by atoms with Crippen LogP contribution in [-0.2, 0) is 4.74 Å². The number of para-hydroxylation sites is 1. The van der Waals surface area contributed by atoms with Gasteiger partial charge in [0.2, 0.25) is 5.78 Å². The van der Waals surface area contributed by atoms with Crippen molar-refractivity contribution in [2.24, 2.45) is 0 Å². The van der Waals surface area contributed by atoms with Gasteiger partial charge in [0.05, 0.1) is 4.47 Å². The van der Waals surface area contributed by atoms with Gasteiger partial charge in [-0.25, -0.2) is 4.79 Å². The number of nitrogens with zero attached hydrogens (tertiary/aromatic N) is 2. The van der Waals surface area contributed by atoms with Crippen molar-refractivity contribution in [3.05, 3.63) is 69.3 Å².